The van der Waals surface area contributed by atoms with Crippen LogP contribution in [-0.4, -0.2) is 47.9 Å². The first-order chi connectivity index (χ1) is 22.2. The van der Waals surface area contributed by atoms with Crippen LogP contribution >= 0.6 is 0 Å². The maximum Gasteiger partial charge on any atom is 0.387 e. The molecule has 6 aromatic carbocycles. The smallest absolute Gasteiger partial charge is 0.387 e. The molecule has 0 aliphatic heterocycles. The molecule has 0 aliphatic rings. The van der Waals surface area contributed by atoms with E-state index in [1.165, 1.54) is 0 Å². The molecule has 6 aromatic rings. The predicted octanol–water partition coefficient (Wildman–Crippen LogP) is 2.86. The third-order valence-corrected chi connectivity index (χ3v) is 21.6. The first kappa shape index (κ1) is 30.8. The standard InChI is InChI=1S/C38H36O4Si3/c39-31-43(33-19-7-1-8-20-33,34-21-9-2-10-22-34)41-45(37-27-15-5-16-28-37,38-29-17-6-18-30-38)42-44(32-40,35-23-11-3-12-24-35)36-25-13-4-14-26-36/h1-30,39-40H,31-32H2. The third kappa shape index (κ3) is 5.95. The molecule has 0 saturated carbocycles. The molecule has 224 valence electrons. The van der Waals surface area contributed by atoms with E-state index in [-0.39, 0.29) is 12.5 Å². The van der Waals surface area contributed by atoms with Crippen LogP contribution < -0.4 is 31.1 Å². The zero-order chi connectivity index (χ0) is 31.0. The summed E-state index contributed by atoms with van der Waals surface area (Å²) in [7, 11) is -10.6. The maximum absolute atomic E-state index is 11.6. The van der Waals surface area contributed by atoms with Gasteiger partial charge in [0, 0.05) is 0 Å². The Morgan fingerprint density at radius 3 is 0.711 bits per heavy atom. The highest BCUT2D eigenvalue weighted by molar-refractivity contribution is 7.12. The average molecular weight is 641 g/mol. The van der Waals surface area contributed by atoms with E-state index in [4.69, 9.17) is 8.23 Å². The molecule has 45 heavy (non-hydrogen) atoms. The summed E-state index contributed by atoms with van der Waals surface area (Å²) >= 11 is 0. The zero-order valence-electron chi connectivity index (χ0n) is 24.9. The lowest BCUT2D eigenvalue weighted by molar-refractivity contribution is 0.312. The lowest BCUT2D eigenvalue weighted by atomic mass is 10.4. The van der Waals surface area contributed by atoms with Crippen molar-refractivity contribution in [2.24, 2.45) is 0 Å². The number of aliphatic hydroxyl groups is 2. The number of rotatable bonds is 12. The van der Waals surface area contributed by atoms with Crippen molar-refractivity contribution >= 4 is 56.3 Å². The van der Waals surface area contributed by atoms with Crippen LogP contribution in [0.2, 0.25) is 0 Å². The van der Waals surface area contributed by atoms with Crippen molar-refractivity contribution in [3.63, 3.8) is 0 Å². The van der Waals surface area contributed by atoms with E-state index in [1.54, 1.807) is 0 Å². The second-order valence-electron chi connectivity index (χ2n) is 11.0. The summed E-state index contributed by atoms with van der Waals surface area (Å²) in [5, 5.41) is 28.8. The van der Waals surface area contributed by atoms with Crippen molar-refractivity contribution in [1.29, 1.82) is 0 Å². The maximum atomic E-state index is 11.6. The van der Waals surface area contributed by atoms with E-state index in [0.29, 0.717) is 0 Å². The van der Waals surface area contributed by atoms with Gasteiger partial charge in [0.2, 0.25) is 0 Å². The van der Waals surface area contributed by atoms with Crippen LogP contribution in [0.15, 0.2) is 182 Å². The Labute approximate surface area is 268 Å². The second-order valence-corrected chi connectivity index (χ2v) is 21.3. The molecular weight excluding hydrogens is 605 g/mol. The Kier molecular flexibility index (Phi) is 9.48. The molecule has 0 atom stereocenters. The Morgan fingerprint density at radius 2 is 0.511 bits per heavy atom. The molecule has 0 heterocycles. The Bertz CT molecular complexity index is 1550. The molecule has 6 rings (SSSR count). The van der Waals surface area contributed by atoms with E-state index >= 15 is 0 Å². The van der Waals surface area contributed by atoms with Crippen molar-refractivity contribution in [2.75, 3.05) is 12.5 Å². The van der Waals surface area contributed by atoms with Crippen LogP contribution in [0.1, 0.15) is 0 Å². The summed E-state index contributed by atoms with van der Waals surface area (Å²) in [6.07, 6.45) is -0.383. The van der Waals surface area contributed by atoms with E-state index < -0.39 is 25.2 Å². The molecule has 7 heteroatoms. The van der Waals surface area contributed by atoms with Crippen LogP contribution in [0.4, 0.5) is 0 Å². The normalized spacial score (nSPS) is 12.1. The molecule has 0 aromatic heterocycles. The SMILES string of the molecule is OC[Si](O[Si](O[Si](CO)(c1ccccc1)c1ccccc1)(c1ccccc1)c1ccccc1)(c1ccccc1)c1ccccc1. The average Bonchev–Trinajstić information content (AvgIpc) is 3.14. The molecule has 0 fully saturated rings. The van der Waals surface area contributed by atoms with Crippen LogP contribution in [0.5, 0.6) is 0 Å². The van der Waals surface area contributed by atoms with Crippen LogP contribution in [0.3, 0.4) is 0 Å². The quantitative estimate of drug-likeness (QED) is 0.202. The summed E-state index contributed by atoms with van der Waals surface area (Å²) in [6, 6.07) is 60.6. The van der Waals surface area contributed by atoms with Gasteiger partial charge in [-0.15, -0.1) is 0 Å². The van der Waals surface area contributed by atoms with Gasteiger partial charge in [-0.2, -0.15) is 0 Å². The Balaban J connectivity index is 1.70. The number of aliphatic hydroxyl groups excluding tert-OH is 2. The summed E-state index contributed by atoms with van der Waals surface area (Å²) < 4.78 is 15.7. The van der Waals surface area contributed by atoms with Crippen LogP contribution in [0, 0.1) is 0 Å². The Hall–Kier alpha value is -4.19. The van der Waals surface area contributed by atoms with Crippen molar-refractivity contribution in [3.05, 3.63) is 182 Å². The minimum absolute atomic E-state index is 0.191. The zero-order valence-corrected chi connectivity index (χ0v) is 27.9. The lowest BCUT2D eigenvalue weighted by Gasteiger charge is -2.46. The number of hydrogen-bond donors (Lipinski definition) is 2. The Morgan fingerprint density at radius 1 is 0.311 bits per heavy atom. The van der Waals surface area contributed by atoms with Crippen molar-refractivity contribution in [3.8, 4) is 0 Å². The van der Waals surface area contributed by atoms with Gasteiger partial charge in [0.15, 0.2) is 0 Å². The molecule has 0 radical (unpaired) electrons. The van der Waals surface area contributed by atoms with Gasteiger partial charge < -0.3 is 18.4 Å². The predicted molar refractivity (Wildman–Crippen MR) is 190 cm³/mol. The van der Waals surface area contributed by atoms with Crippen molar-refractivity contribution < 1.29 is 18.4 Å². The molecule has 0 saturated heterocycles. The van der Waals surface area contributed by atoms with Gasteiger partial charge in [0.05, 0.1) is 12.5 Å². The van der Waals surface area contributed by atoms with Gasteiger partial charge in [-0.05, 0) is 31.1 Å². The molecule has 0 amide bonds. The highest BCUT2D eigenvalue weighted by atomic mass is 28.5. The van der Waals surface area contributed by atoms with Crippen LogP contribution in [-0.2, 0) is 8.23 Å². The molecular formula is C38H36O4Si3. The number of hydrogen-bond acceptors (Lipinski definition) is 4. The molecule has 0 spiro atoms. The highest BCUT2D eigenvalue weighted by Crippen LogP contribution is 2.23. The summed E-state index contributed by atoms with van der Waals surface area (Å²) in [5.74, 6) is 0. The minimum Gasteiger partial charge on any atom is -0.421 e. The molecule has 0 aliphatic carbocycles. The highest BCUT2D eigenvalue weighted by Gasteiger charge is 2.57. The van der Waals surface area contributed by atoms with Gasteiger partial charge in [0.25, 0.3) is 16.6 Å². The van der Waals surface area contributed by atoms with Gasteiger partial charge in [-0.25, -0.2) is 0 Å². The van der Waals surface area contributed by atoms with E-state index in [1.807, 2.05) is 109 Å². The summed E-state index contributed by atoms with van der Waals surface area (Å²) in [6.45, 7) is 0. The van der Waals surface area contributed by atoms with Crippen molar-refractivity contribution in [2.45, 2.75) is 0 Å². The first-order valence-corrected chi connectivity index (χ1v) is 21.2. The molecule has 2 N–H and O–H groups in total. The minimum atomic E-state index is -3.79. The van der Waals surface area contributed by atoms with Gasteiger partial charge >= 0.3 is 8.56 Å². The van der Waals surface area contributed by atoms with Gasteiger partial charge in [-0.1, -0.05) is 182 Å². The fourth-order valence-electron chi connectivity index (χ4n) is 6.06. The topological polar surface area (TPSA) is 58.9 Å². The molecule has 4 nitrogen and oxygen atoms in total. The van der Waals surface area contributed by atoms with Gasteiger partial charge in [-0.3, -0.25) is 0 Å². The van der Waals surface area contributed by atoms with Crippen molar-refractivity contribution in [1.82, 2.24) is 0 Å². The molecule has 0 bridgehead atoms. The largest absolute Gasteiger partial charge is 0.421 e. The summed E-state index contributed by atoms with van der Waals surface area (Å²) in [5.41, 5.74) is 0. The lowest BCUT2D eigenvalue weighted by Crippen LogP contribution is -2.80. The van der Waals surface area contributed by atoms with Crippen LogP contribution in [0.25, 0.3) is 0 Å². The van der Waals surface area contributed by atoms with Gasteiger partial charge in [0.1, 0.15) is 0 Å². The molecule has 0 unspecified atom stereocenters. The second kappa shape index (κ2) is 13.8. The summed E-state index contributed by atoms with van der Waals surface area (Å²) in [4.78, 5) is 0. The van der Waals surface area contributed by atoms with E-state index in [9.17, 15) is 10.2 Å². The monoisotopic (exact) mass is 640 g/mol. The fraction of sp³-hybridized carbons (Fsp3) is 0.0526. The fourth-order valence-corrected chi connectivity index (χ4v) is 20.7. The van der Waals surface area contributed by atoms with E-state index in [2.05, 4.69) is 72.8 Å². The third-order valence-electron chi connectivity index (χ3n) is 8.35. The van der Waals surface area contributed by atoms with E-state index in [0.717, 1.165) is 31.1 Å². The number of benzene rings is 6. The first-order valence-electron chi connectivity index (χ1n) is 15.1.